The molecule has 0 spiro atoms. The Hall–Kier alpha value is -1.45. The molecule has 0 aliphatic carbocycles. The van der Waals surface area contributed by atoms with Gasteiger partial charge in [0, 0.05) is 0 Å². The van der Waals surface area contributed by atoms with Crippen LogP contribution in [0.15, 0.2) is 12.1 Å². The molecule has 0 radical (unpaired) electrons. The summed E-state index contributed by atoms with van der Waals surface area (Å²) in [6.45, 7) is 1.09. The lowest BCUT2D eigenvalue weighted by Crippen LogP contribution is -2.28. The molecule has 1 aromatic rings. The maximum Gasteiger partial charge on any atom is 0.534 e. The minimum absolute atomic E-state index is 0.285. The molecular formula is C9H6F6O3S. The standard InChI is InChI=1S/C9H6F6O3S/c1-4-2-3-5(6(7(4)10)8(11)12)18-19(16,17)9(13,14)15/h2-3,8H,1H3. The van der Waals surface area contributed by atoms with Crippen LogP contribution in [0.1, 0.15) is 17.6 Å². The summed E-state index contributed by atoms with van der Waals surface area (Å²) in [5.41, 5.74) is -7.62. The first-order valence-corrected chi connectivity index (χ1v) is 5.96. The molecule has 0 amide bonds. The molecule has 0 fully saturated rings. The number of benzene rings is 1. The van der Waals surface area contributed by atoms with E-state index in [9.17, 15) is 34.8 Å². The summed E-state index contributed by atoms with van der Waals surface area (Å²) in [5.74, 6) is -2.92. The summed E-state index contributed by atoms with van der Waals surface area (Å²) in [6, 6.07) is 1.35. The van der Waals surface area contributed by atoms with Gasteiger partial charge in [0.25, 0.3) is 6.43 Å². The van der Waals surface area contributed by atoms with E-state index in [0.29, 0.717) is 6.07 Å². The molecule has 19 heavy (non-hydrogen) atoms. The van der Waals surface area contributed by atoms with Crippen LogP contribution < -0.4 is 4.18 Å². The van der Waals surface area contributed by atoms with Gasteiger partial charge in [-0.15, -0.1) is 0 Å². The van der Waals surface area contributed by atoms with E-state index in [1.165, 1.54) is 0 Å². The lowest BCUT2D eigenvalue weighted by molar-refractivity contribution is -0.0501. The quantitative estimate of drug-likeness (QED) is 0.489. The second kappa shape index (κ2) is 4.91. The van der Waals surface area contributed by atoms with E-state index in [1.807, 2.05) is 0 Å². The molecule has 0 aromatic heterocycles. The number of alkyl halides is 5. The molecule has 0 aliphatic rings. The molecule has 0 saturated carbocycles. The fourth-order valence-corrected chi connectivity index (χ4v) is 1.60. The second-order valence-corrected chi connectivity index (χ2v) is 4.93. The van der Waals surface area contributed by atoms with Gasteiger partial charge in [0.1, 0.15) is 5.82 Å². The molecule has 3 nitrogen and oxygen atoms in total. The molecule has 1 aromatic carbocycles. The molecule has 0 N–H and O–H groups in total. The van der Waals surface area contributed by atoms with Crippen molar-refractivity contribution in [3.05, 3.63) is 29.1 Å². The van der Waals surface area contributed by atoms with Crippen molar-refractivity contribution in [1.82, 2.24) is 0 Å². The van der Waals surface area contributed by atoms with Crippen LogP contribution in [0.2, 0.25) is 0 Å². The lowest BCUT2D eigenvalue weighted by atomic mass is 10.1. The SMILES string of the molecule is Cc1ccc(OS(=O)(=O)C(F)(F)F)c(C(F)F)c1F. The molecule has 0 heterocycles. The molecule has 0 unspecified atom stereocenters. The van der Waals surface area contributed by atoms with Gasteiger partial charge in [-0.3, -0.25) is 0 Å². The predicted molar refractivity (Wildman–Crippen MR) is 51.7 cm³/mol. The van der Waals surface area contributed by atoms with Crippen molar-refractivity contribution in [2.45, 2.75) is 18.9 Å². The van der Waals surface area contributed by atoms with Crippen LogP contribution in [0, 0.1) is 12.7 Å². The summed E-state index contributed by atoms with van der Waals surface area (Å²) in [5, 5.41) is 0. The predicted octanol–water partition coefficient (Wildman–Crippen LogP) is 3.30. The van der Waals surface area contributed by atoms with Gasteiger partial charge in [-0.1, -0.05) is 6.07 Å². The minimum Gasteiger partial charge on any atom is -0.375 e. The van der Waals surface area contributed by atoms with E-state index in [2.05, 4.69) is 4.18 Å². The highest BCUT2D eigenvalue weighted by atomic mass is 32.2. The van der Waals surface area contributed by atoms with Crippen LogP contribution in [0.5, 0.6) is 5.75 Å². The van der Waals surface area contributed by atoms with Crippen molar-refractivity contribution >= 4 is 10.1 Å². The van der Waals surface area contributed by atoms with Crippen molar-refractivity contribution in [3.8, 4) is 5.75 Å². The van der Waals surface area contributed by atoms with Crippen molar-refractivity contribution < 1.29 is 38.9 Å². The first-order valence-electron chi connectivity index (χ1n) is 4.55. The minimum atomic E-state index is -6.14. The third-order valence-corrected chi connectivity index (χ3v) is 3.00. The average molecular weight is 308 g/mol. The molecule has 1 rings (SSSR count). The summed E-state index contributed by atoms with van der Waals surface area (Å²) in [7, 11) is -6.14. The average Bonchev–Trinajstić information content (AvgIpc) is 2.21. The fraction of sp³-hybridized carbons (Fsp3) is 0.333. The second-order valence-electron chi connectivity index (χ2n) is 3.39. The zero-order valence-corrected chi connectivity index (χ0v) is 9.95. The van der Waals surface area contributed by atoms with Gasteiger partial charge in [-0.2, -0.15) is 21.6 Å². The summed E-state index contributed by atoms with van der Waals surface area (Å²) in [4.78, 5) is 0. The number of hydrogen-bond donors (Lipinski definition) is 0. The van der Waals surface area contributed by atoms with Crippen LogP contribution >= 0.6 is 0 Å². The zero-order chi connectivity index (χ0) is 15.0. The molecule has 10 heteroatoms. The highest BCUT2D eigenvalue weighted by Crippen LogP contribution is 2.36. The Bertz CT molecular complexity index is 578. The lowest BCUT2D eigenvalue weighted by Gasteiger charge is -2.14. The maximum absolute atomic E-state index is 13.3. The van der Waals surface area contributed by atoms with E-state index in [-0.39, 0.29) is 5.56 Å². The van der Waals surface area contributed by atoms with Gasteiger partial charge in [-0.25, -0.2) is 13.2 Å². The third kappa shape index (κ3) is 3.11. The van der Waals surface area contributed by atoms with Gasteiger partial charge < -0.3 is 4.18 Å². The van der Waals surface area contributed by atoms with Crippen molar-refractivity contribution in [2.75, 3.05) is 0 Å². The monoisotopic (exact) mass is 308 g/mol. The third-order valence-electron chi connectivity index (χ3n) is 2.03. The number of rotatable bonds is 3. The van der Waals surface area contributed by atoms with E-state index in [4.69, 9.17) is 0 Å². The number of aryl methyl sites for hydroxylation is 1. The van der Waals surface area contributed by atoms with Crippen LogP contribution in [0.25, 0.3) is 0 Å². The highest BCUT2D eigenvalue weighted by molar-refractivity contribution is 7.88. The first kappa shape index (κ1) is 15.6. The van der Waals surface area contributed by atoms with E-state index in [1.54, 1.807) is 0 Å². The van der Waals surface area contributed by atoms with Gasteiger partial charge in [-0.05, 0) is 18.6 Å². The summed E-state index contributed by atoms with van der Waals surface area (Å²) < 4.78 is 99.4. The van der Waals surface area contributed by atoms with Gasteiger partial charge in [0.05, 0.1) is 5.56 Å². The highest BCUT2D eigenvalue weighted by Gasteiger charge is 2.49. The van der Waals surface area contributed by atoms with Crippen LogP contribution in [0.4, 0.5) is 26.3 Å². The smallest absolute Gasteiger partial charge is 0.375 e. The van der Waals surface area contributed by atoms with Crippen molar-refractivity contribution in [2.24, 2.45) is 0 Å². The Balaban J connectivity index is 3.35. The van der Waals surface area contributed by atoms with Crippen LogP contribution in [-0.2, 0) is 10.1 Å². The Labute approximate surface area is 103 Å². The maximum atomic E-state index is 13.3. The molecule has 0 saturated heterocycles. The number of hydrogen-bond acceptors (Lipinski definition) is 3. The van der Waals surface area contributed by atoms with E-state index < -0.39 is 39.2 Å². The molecule has 0 aliphatic heterocycles. The van der Waals surface area contributed by atoms with Gasteiger partial charge in [0.2, 0.25) is 0 Å². The Kier molecular flexibility index (Phi) is 4.03. The normalized spacial score (nSPS) is 12.8. The molecule has 0 bridgehead atoms. The van der Waals surface area contributed by atoms with Gasteiger partial charge in [0.15, 0.2) is 5.75 Å². The van der Waals surface area contributed by atoms with Crippen LogP contribution in [0.3, 0.4) is 0 Å². The topological polar surface area (TPSA) is 43.4 Å². The molecular weight excluding hydrogens is 302 g/mol. The van der Waals surface area contributed by atoms with Gasteiger partial charge >= 0.3 is 15.6 Å². The first-order chi connectivity index (χ1) is 8.47. The van der Waals surface area contributed by atoms with Crippen LogP contribution in [-0.4, -0.2) is 13.9 Å². The largest absolute Gasteiger partial charge is 0.534 e. The Morgan fingerprint density at radius 3 is 2.16 bits per heavy atom. The Morgan fingerprint density at radius 1 is 1.21 bits per heavy atom. The summed E-state index contributed by atoms with van der Waals surface area (Å²) in [6.07, 6.45) is -3.53. The van der Waals surface area contributed by atoms with E-state index >= 15 is 0 Å². The molecule has 0 atom stereocenters. The van der Waals surface area contributed by atoms with Crippen molar-refractivity contribution in [3.63, 3.8) is 0 Å². The zero-order valence-electron chi connectivity index (χ0n) is 9.13. The summed E-state index contributed by atoms with van der Waals surface area (Å²) >= 11 is 0. The number of halogens is 6. The van der Waals surface area contributed by atoms with Crippen molar-refractivity contribution in [1.29, 1.82) is 0 Å². The Morgan fingerprint density at radius 2 is 1.74 bits per heavy atom. The fourth-order valence-electron chi connectivity index (χ4n) is 1.13. The molecule has 108 valence electrons. The van der Waals surface area contributed by atoms with E-state index in [0.717, 1.165) is 13.0 Å².